The van der Waals surface area contributed by atoms with Crippen molar-refractivity contribution in [2.45, 2.75) is 25.2 Å². The van der Waals surface area contributed by atoms with Crippen molar-refractivity contribution in [2.75, 3.05) is 19.0 Å². The Morgan fingerprint density at radius 3 is 2.76 bits per heavy atom. The maximum absolute atomic E-state index is 12.9. The molecule has 1 aromatic heterocycles. The fourth-order valence-electron chi connectivity index (χ4n) is 1.88. The second-order valence-corrected chi connectivity index (χ2v) is 5.53. The molecule has 0 spiro atoms. The van der Waals surface area contributed by atoms with Gasteiger partial charge < -0.3 is 14.4 Å². The van der Waals surface area contributed by atoms with E-state index >= 15 is 0 Å². The van der Waals surface area contributed by atoms with Crippen LogP contribution in [0.25, 0.3) is 0 Å². The van der Waals surface area contributed by atoms with E-state index in [1.165, 1.54) is 12.1 Å². The zero-order chi connectivity index (χ0) is 15.1. The lowest BCUT2D eigenvalue weighted by molar-refractivity contribution is 0.164. The topological polar surface area (TPSA) is 47.3 Å². The minimum atomic E-state index is -0.244. The average molecular weight is 310 g/mol. The van der Waals surface area contributed by atoms with Crippen molar-refractivity contribution in [1.29, 1.82) is 0 Å². The van der Waals surface area contributed by atoms with Crippen LogP contribution in [0.5, 0.6) is 0 Å². The second kappa shape index (κ2) is 8.17. The first kappa shape index (κ1) is 16.0. The first-order valence-corrected chi connectivity index (χ1v) is 7.83. The summed E-state index contributed by atoms with van der Waals surface area (Å²) in [7, 11) is 0. The van der Waals surface area contributed by atoms with Gasteiger partial charge in [-0.2, -0.15) is 0 Å². The molecule has 4 nitrogen and oxygen atoms in total. The molecule has 21 heavy (non-hydrogen) atoms. The number of benzene rings is 1. The Labute approximate surface area is 128 Å². The Morgan fingerprint density at radius 2 is 2.10 bits per heavy atom. The number of nitrogens with zero attached hydrogens (tertiary/aromatic N) is 2. The van der Waals surface area contributed by atoms with E-state index in [2.05, 4.69) is 4.98 Å². The Hall–Kier alpha value is -1.37. The Morgan fingerprint density at radius 1 is 1.33 bits per heavy atom. The summed E-state index contributed by atoms with van der Waals surface area (Å²) >= 11 is 1.59. The molecule has 2 aromatic rings. The SMILES string of the molecule is CCOCCSc1nc(CO)cn1Cc1ccc(F)cc1. The number of hydrogen-bond acceptors (Lipinski definition) is 4. The van der Waals surface area contributed by atoms with Crippen LogP contribution in [0.15, 0.2) is 35.6 Å². The number of aromatic nitrogens is 2. The molecule has 0 saturated heterocycles. The molecule has 0 aliphatic heterocycles. The van der Waals surface area contributed by atoms with Crippen molar-refractivity contribution in [3.63, 3.8) is 0 Å². The third-order valence-electron chi connectivity index (χ3n) is 2.88. The van der Waals surface area contributed by atoms with Gasteiger partial charge in [-0.1, -0.05) is 23.9 Å². The van der Waals surface area contributed by atoms with Gasteiger partial charge in [0.15, 0.2) is 5.16 Å². The van der Waals surface area contributed by atoms with Crippen LogP contribution in [0, 0.1) is 5.82 Å². The number of rotatable bonds is 8. The zero-order valence-corrected chi connectivity index (χ0v) is 12.8. The van der Waals surface area contributed by atoms with Crippen molar-refractivity contribution in [3.8, 4) is 0 Å². The Kier molecular flexibility index (Phi) is 6.22. The number of aliphatic hydroxyl groups is 1. The van der Waals surface area contributed by atoms with Crippen molar-refractivity contribution < 1.29 is 14.2 Å². The molecule has 114 valence electrons. The highest BCUT2D eigenvalue weighted by molar-refractivity contribution is 7.99. The summed E-state index contributed by atoms with van der Waals surface area (Å²) < 4.78 is 20.2. The molecule has 1 aromatic carbocycles. The Bertz CT molecular complexity index is 557. The third kappa shape index (κ3) is 4.84. The monoisotopic (exact) mass is 310 g/mol. The van der Waals surface area contributed by atoms with E-state index in [9.17, 15) is 9.50 Å². The highest BCUT2D eigenvalue weighted by Crippen LogP contribution is 2.19. The van der Waals surface area contributed by atoms with Crippen molar-refractivity contribution in [3.05, 3.63) is 47.5 Å². The second-order valence-electron chi connectivity index (χ2n) is 4.47. The highest BCUT2D eigenvalue weighted by atomic mass is 32.2. The quantitative estimate of drug-likeness (QED) is 0.601. The van der Waals surface area contributed by atoms with Gasteiger partial charge in [0.2, 0.25) is 0 Å². The molecule has 0 fully saturated rings. The predicted octanol–water partition coefficient (Wildman–Crippen LogP) is 2.69. The van der Waals surface area contributed by atoms with Crippen LogP contribution in [-0.2, 0) is 17.9 Å². The maximum atomic E-state index is 12.9. The van der Waals surface area contributed by atoms with Crippen LogP contribution in [0.2, 0.25) is 0 Å². The van der Waals surface area contributed by atoms with Crippen LogP contribution >= 0.6 is 11.8 Å². The number of halogens is 1. The third-order valence-corrected chi connectivity index (χ3v) is 3.84. The van der Waals surface area contributed by atoms with Crippen LogP contribution in [0.3, 0.4) is 0 Å². The number of imidazole rings is 1. The normalized spacial score (nSPS) is 11.0. The fourth-order valence-corrected chi connectivity index (χ4v) is 2.73. The molecular formula is C15H19FN2O2S. The lowest BCUT2D eigenvalue weighted by Gasteiger charge is -2.07. The van der Waals surface area contributed by atoms with Gasteiger partial charge in [-0.05, 0) is 24.6 Å². The number of aliphatic hydroxyl groups excluding tert-OH is 1. The molecule has 0 atom stereocenters. The van der Waals surface area contributed by atoms with Crippen LogP contribution in [0.4, 0.5) is 4.39 Å². The van der Waals surface area contributed by atoms with E-state index in [0.717, 1.165) is 16.5 Å². The van der Waals surface area contributed by atoms with Gasteiger partial charge in [-0.3, -0.25) is 0 Å². The lowest BCUT2D eigenvalue weighted by atomic mass is 10.2. The summed E-state index contributed by atoms with van der Waals surface area (Å²) in [6.45, 7) is 3.84. The molecular weight excluding hydrogens is 291 g/mol. The number of hydrogen-bond donors (Lipinski definition) is 1. The van der Waals surface area contributed by atoms with Crippen LogP contribution in [-0.4, -0.2) is 33.6 Å². The molecule has 1 N–H and O–H groups in total. The largest absolute Gasteiger partial charge is 0.390 e. The van der Waals surface area contributed by atoms with E-state index < -0.39 is 0 Å². The molecule has 1 heterocycles. The molecule has 0 amide bonds. The summed E-state index contributed by atoms with van der Waals surface area (Å²) in [6, 6.07) is 6.40. The van der Waals surface area contributed by atoms with E-state index in [1.54, 1.807) is 23.9 Å². The summed E-state index contributed by atoms with van der Waals surface area (Å²) in [4.78, 5) is 4.39. The molecule has 0 bridgehead atoms. The highest BCUT2D eigenvalue weighted by Gasteiger charge is 2.09. The van der Waals surface area contributed by atoms with Crippen molar-refractivity contribution in [2.24, 2.45) is 0 Å². The molecule has 0 aliphatic carbocycles. The summed E-state index contributed by atoms with van der Waals surface area (Å²) in [6.07, 6.45) is 1.83. The maximum Gasteiger partial charge on any atom is 0.168 e. The van der Waals surface area contributed by atoms with Gasteiger partial charge in [0.05, 0.1) is 18.9 Å². The number of ether oxygens (including phenoxy) is 1. The molecule has 0 radical (unpaired) electrons. The van der Waals surface area contributed by atoms with E-state index in [-0.39, 0.29) is 12.4 Å². The van der Waals surface area contributed by atoms with Crippen LogP contribution in [0.1, 0.15) is 18.2 Å². The van der Waals surface area contributed by atoms with Crippen molar-refractivity contribution in [1.82, 2.24) is 9.55 Å². The summed E-state index contributed by atoms with van der Waals surface area (Å²) in [5, 5.41) is 10.1. The standard InChI is InChI=1S/C15H19FN2O2S/c1-2-20-7-8-21-15-17-14(11-19)10-18(15)9-12-3-5-13(16)6-4-12/h3-6,10,19H,2,7-9,11H2,1H3. The Balaban J connectivity index is 2.06. The van der Waals surface area contributed by atoms with Gasteiger partial charge >= 0.3 is 0 Å². The summed E-state index contributed by atoms with van der Waals surface area (Å²) in [5.74, 6) is 0.561. The van der Waals surface area contributed by atoms with E-state index in [0.29, 0.717) is 25.5 Å². The fraction of sp³-hybridized carbons (Fsp3) is 0.400. The minimum absolute atomic E-state index is 0.0879. The first-order valence-electron chi connectivity index (χ1n) is 6.84. The average Bonchev–Trinajstić information content (AvgIpc) is 2.88. The lowest BCUT2D eigenvalue weighted by Crippen LogP contribution is -2.02. The smallest absolute Gasteiger partial charge is 0.168 e. The molecule has 0 aliphatic rings. The van der Waals surface area contributed by atoms with Gasteiger partial charge in [-0.15, -0.1) is 0 Å². The molecule has 2 rings (SSSR count). The number of thioether (sulfide) groups is 1. The summed E-state index contributed by atoms with van der Waals surface area (Å²) in [5.41, 5.74) is 1.63. The van der Waals surface area contributed by atoms with Gasteiger partial charge in [-0.25, -0.2) is 9.37 Å². The molecule has 6 heteroatoms. The predicted molar refractivity (Wildman–Crippen MR) is 80.9 cm³/mol. The first-order chi connectivity index (χ1) is 10.2. The van der Waals surface area contributed by atoms with Crippen molar-refractivity contribution >= 4 is 11.8 Å². The zero-order valence-electron chi connectivity index (χ0n) is 12.0. The molecule has 0 unspecified atom stereocenters. The molecule has 0 saturated carbocycles. The van der Waals surface area contributed by atoms with Gasteiger partial charge in [0.1, 0.15) is 5.82 Å². The van der Waals surface area contributed by atoms with Gasteiger partial charge in [0.25, 0.3) is 0 Å². The van der Waals surface area contributed by atoms with E-state index in [4.69, 9.17) is 4.74 Å². The van der Waals surface area contributed by atoms with E-state index in [1.807, 2.05) is 17.7 Å². The minimum Gasteiger partial charge on any atom is -0.390 e. The van der Waals surface area contributed by atoms with Gasteiger partial charge in [0, 0.05) is 25.1 Å². The van der Waals surface area contributed by atoms with Crippen LogP contribution < -0.4 is 0 Å².